The summed E-state index contributed by atoms with van der Waals surface area (Å²) in [5.41, 5.74) is 27.2. The molecular formula is C92H83Ir2N6O4+. The van der Waals surface area contributed by atoms with E-state index in [4.69, 9.17) is 24.0 Å². The van der Waals surface area contributed by atoms with Gasteiger partial charge in [-0.1, -0.05) is 164 Å². The molecule has 16 rings (SSSR count). The van der Waals surface area contributed by atoms with E-state index in [0.29, 0.717) is 0 Å². The van der Waals surface area contributed by atoms with Crippen LogP contribution >= 0.6 is 0 Å². The van der Waals surface area contributed by atoms with Crippen molar-refractivity contribution in [2.45, 2.75) is 81.1 Å². The van der Waals surface area contributed by atoms with Crippen molar-refractivity contribution in [2.75, 3.05) is 14.2 Å². The van der Waals surface area contributed by atoms with E-state index in [1.54, 1.807) is 0 Å². The van der Waals surface area contributed by atoms with Gasteiger partial charge in [0, 0.05) is 72.6 Å². The number of aliphatic hydroxyl groups is 2. The van der Waals surface area contributed by atoms with Gasteiger partial charge >= 0.3 is 40.2 Å². The number of fused-ring (bicyclic) bond motifs is 6. The molecule has 0 spiro atoms. The van der Waals surface area contributed by atoms with Gasteiger partial charge in [-0.05, 0) is 139 Å². The van der Waals surface area contributed by atoms with E-state index in [-0.39, 0.29) is 40.2 Å². The topological polar surface area (TPSA) is 144 Å². The molecule has 0 aliphatic rings. The average molecular weight is 1720 g/mol. The summed E-state index contributed by atoms with van der Waals surface area (Å²) in [7, 11) is 2.00. The first-order valence-corrected chi connectivity index (χ1v) is 34.3. The van der Waals surface area contributed by atoms with E-state index in [1.807, 2.05) is 164 Å². The van der Waals surface area contributed by atoms with Crippen molar-refractivity contribution in [3.05, 3.63) is 336 Å². The predicted octanol–water partition coefficient (Wildman–Crippen LogP) is 22.0. The van der Waals surface area contributed by atoms with Crippen LogP contribution in [0, 0.1) is 58.0 Å². The average Bonchev–Trinajstić information content (AvgIpc) is 1.62. The third-order valence-corrected chi connectivity index (χ3v) is 17.4. The van der Waals surface area contributed by atoms with Gasteiger partial charge in [-0.25, -0.2) is 0 Å². The summed E-state index contributed by atoms with van der Waals surface area (Å²) in [6.45, 7) is 16.9. The van der Waals surface area contributed by atoms with Crippen LogP contribution in [0.2, 0.25) is 0 Å². The molecule has 0 bridgehead atoms. The monoisotopic (exact) mass is 1720 g/mol. The molecule has 0 aliphatic heterocycles. The van der Waals surface area contributed by atoms with Crippen LogP contribution in [0.4, 0.5) is 0 Å². The summed E-state index contributed by atoms with van der Waals surface area (Å²) in [4.78, 5) is 27.5. The van der Waals surface area contributed by atoms with Crippen molar-refractivity contribution in [3.8, 4) is 78.8 Å². The zero-order valence-electron chi connectivity index (χ0n) is 60.2. The van der Waals surface area contributed by atoms with Crippen LogP contribution < -0.4 is 0 Å². The zero-order valence-corrected chi connectivity index (χ0v) is 65.0. The molecule has 0 aliphatic carbocycles. The standard InChI is InChI=1S/C26H22N2.C19H15NO.C19H14NO.2C13H12N.2CH4O.2Ir/c1-3-19-13-15-24(27-18-19)22-11-8-12-23(17-22)26-20(4-2)14-16-25(28-26)21-9-6-5-7-10-21;2*1-12-10-17(20-11-13(12)2)16-8-5-7-15-14-6-3-4-9-18(14)21-19(15)16;2*1-2-11-8-9-13(14-10-11)12-6-4-3-5-7-12;2*1-2;;/h5-9,11-16,18H,3-4H2,1-2H3;3-11H,1-2H3;3-7,9-11H,1-2H3;2*3-6,8-10H,2H2,1H3;2*2H,1H3;;/q-2;;3*-1;;;2*+3. The molecule has 8 aromatic carbocycles. The molecule has 0 fully saturated rings. The smallest absolute Gasteiger partial charge is 0.501 e. The Kier molecular flexibility index (Phi) is 30.3. The molecule has 2 N–H and O–H groups in total. The van der Waals surface area contributed by atoms with E-state index in [1.165, 1.54) is 44.5 Å². The summed E-state index contributed by atoms with van der Waals surface area (Å²) >= 11 is 0. The predicted molar refractivity (Wildman–Crippen MR) is 419 cm³/mol. The number of hydrogen-bond acceptors (Lipinski definition) is 10. The summed E-state index contributed by atoms with van der Waals surface area (Å²) in [6, 6.07) is 93.7. The van der Waals surface area contributed by atoms with Gasteiger partial charge in [0.15, 0.2) is 0 Å². The van der Waals surface area contributed by atoms with Crippen molar-refractivity contribution < 1.29 is 59.3 Å². The van der Waals surface area contributed by atoms with Crippen LogP contribution in [0.3, 0.4) is 0 Å². The summed E-state index contributed by atoms with van der Waals surface area (Å²) < 4.78 is 12.1. The van der Waals surface area contributed by atoms with Gasteiger partial charge < -0.3 is 39.0 Å². The fourth-order valence-electron chi connectivity index (χ4n) is 11.3. The van der Waals surface area contributed by atoms with E-state index < -0.39 is 0 Å². The molecule has 104 heavy (non-hydrogen) atoms. The first-order chi connectivity index (χ1) is 50.1. The number of benzene rings is 8. The number of nitrogens with zero attached hydrogens (tertiary/aromatic N) is 6. The largest absolute Gasteiger partial charge is 3.00 e. The molecule has 0 atom stereocenters. The van der Waals surface area contributed by atoms with Crippen LogP contribution in [0.25, 0.3) is 123 Å². The SMILES string of the molecule is CCc1ccc(-c2[c-]c(-c3nc(-c4[c-]cccc4)ccc3CC)ccc2)nc1.CCc1ccc(-c2[c-]cccc2)nc1.CCc1ccc(-c2[c-]cccc2)nc1.CO.CO.Cc1cnc(-c2[c-]ccc3c2oc2ccccc23)cc1C.Cc1cnc(-c2cccc3c2oc2ccccc23)cc1C.[Ir+3].[Ir+3]. The number of aryl methyl sites for hydroxylation is 8. The Bertz CT molecular complexity index is 5060. The summed E-state index contributed by atoms with van der Waals surface area (Å²) in [5, 5.41) is 18.5. The molecular weight excluding hydrogens is 1640 g/mol. The quantitative estimate of drug-likeness (QED) is 0.120. The number of para-hydroxylation sites is 3. The molecule has 16 aromatic rings. The summed E-state index contributed by atoms with van der Waals surface area (Å²) in [6.07, 6.45) is 13.6. The maximum Gasteiger partial charge on any atom is 3.00 e. The van der Waals surface area contributed by atoms with Gasteiger partial charge in [-0.15, -0.1) is 150 Å². The molecule has 0 unspecified atom stereocenters. The van der Waals surface area contributed by atoms with Gasteiger partial charge in [0.05, 0.1) is 11.3 Å². The van der Waals surface area contributed by atoms with Gasteiger partial charge in [-0.2, -0.15) is 0 Å². The second-order valence-corrected chi connectivity index (χ2v) is 23.9. The second-order valence-electron chi connectivity index (χ2n) is 23.9. The molecule has 0 amide bonds. The van der Waals surface area contributed by atoms with Crippen LogP contribution in [0.5, 0.6) is 0 Å². The molecule has 0 saturated heterocycles. The zero-order chi connectivity index (χ0) is 71.7. The van der Waals surface area contributed by atoms with Gasteiger partial charge in [0.1, 0.15) is 16.7 Å². The molecule has 522 valence electrons. The van der Waals surface area contributed by atoms with E-state index in [9.17, 15) is 0 Å². The summed E-state index contributed by atoms with van der Waals surface area (Å²) in [5.74, 6) is 0. The van der Waals surface area contributed by atoms with E-state index in [2.05, 4.69) is 208 Å². The first kappa shape index (κ1) is 79.2. The van der Waals surface area contributed by atoms with Gasteiger partial charge in [0.2, 0.25) is 0 Å². The molecule has 10 nitrogen and oxygen atoms in total. The van der Waals surface area contributed by atoms with Crippen molar-refractivity contribution in [2.24, 2.45) is 0 Å². The number of aliphatic hydroxyl groups excluding tert-OH is 2. The Morgan fingerprint density at radius 2 is 0.740 bits per heavy atom. The fourth-order valence-corrected chi connectivity index (χ4v) is 11.3. The maximum absolute atomic E-state index is 7.00. The third-order valence-electron chi connectivity index (χ3n) is 17.4. The maximum atomic E-state index is 7.00. The number of rotatable bonds is 11. The Balaban J connectivity index is 0.000000165. The third kappa shape index (κ3) is 19.8. The van der Waals surface area contributed by atoms with E-state index >= 15 is 0 Å². The minimum atomic E-state index is 0. The van der Waals surface area contributed by atoms with Crippen molar-refractivity contribution in [1.29, 1.82) is 0 Å². The molecule has 12 heteroatoms. The molecule has 8 heterocycles. The number of aromatic nitrogens is 6. The number of furan rings is 2. The Hall–Kier alpha value is -10.5. The van der Waals surface area contributed by atoms with Crippen LogP contribution in [0.1, 0.15) is 72.2 Å². The van der Waals surface area contributed by atoms with Crippen molar-refractivity contribution >= 4 is 43.9 Å². The van der Waals surface area contributed by atoms with Gasteiger partial charge in [-0.3, -0.25) is 9.97 Å². The fraction of sp³-hybridized carbons (Fsp3) is 0.152. The molecule has 0 radical (unpaired) electrons. The first-order valence-electron chi connectivity index (χ1n) is 34.3. The Labute approximate surface area is 638 Å². The normalized spacial score (nSPS) is 10.3. The van der Waals surface area contributed by atoms with E-state index in [0.717, 1.165) is 163 Å². The number of pyridine rings is 6. The van der Waals surface area contributed by atoms with Crippen molar-refractivity contribution in [1.82, 2.24) is 29.9 Å². The minimum Gasteiger partial charge on any atom is -0.501 e. The van der Waals surface area contributed by atoms with Crippen molar-refractivity contribution in [3.63, 3.8) is 0 Å². The van der Waals surface area contributed by atoms with Crippen LogP contribution in [-0.2, 0) is 65.9 Å². The molecule has 0 saturated carbocycles. The molecule has 8 aromatic heterocycles. The second kappa shape index (κ2) is 39.8. The Morgan fingerprint density at radius 3 is 1.22 bits per heavy atom. The van der Waals surface area contributed by atoms with Crippen LogP contribution in [0.15, 0.2) is 270 Å². The minimum absolute atomic E-state index is 0. The number of hydrogen-bond donors (Lipinski definition) is 2. The van der Waals surface area contributed by atoms with Crippen LogP contribution in [-0.4, -0.2) is 54.3 Å². The van der Waals surface area contributed by atoms with Gasteiger partial charge in [0.25, 0.3) is 0 Å². The Morgan fingerprint density at radius 1 is 0.327 bits per heavy atom.